The lowest BCUT2D eigenvalue weighted by Gasteiger charge is -2.10. The van der Waals surface area contributed by atoms with E-state index >= 15 is 0 Å². The van der Waals surface area contributed by atoms with Crippen molar-refractivity contribution >= 4 is 0 Å². The molecule has 0 saturated carbocycles. The number of ether oxygens (including phenoxy) is 2. The molecule has 2 aromatic rings. The van der Waals surface area contributed by atoms with Crippen LogP contribution in [0, 0.1) is 6.92 Å². The summed E-state index contributed by atoms with van der Waals surface area (Å²) in [6.07, 6.45) is 1.11. The molecule has 1 aliphatic heterocycles. The Labute approximate surface area is 123 Å². The molecule has 0 fully saturated rings. The molecule has 0 saturated heterocycles. The number of rotatable bonds is 6. The van der Waals surface area contributed by atoms with Crippen LogP contribution in [0.2, 0.25) is 0 Å². The number of hydrogen-bond donors (Lipinski definition) is 1. The standard InChI is InChI=1S/C15H19N3O3/c1-3-6-16-13-8-20-14-7-11(4-5-12(13)14)19-9-15-17-10(2)21-18-15/h4-5,7,13,16H,3,6,8-9H2,1-2H3. The van der Waals surface area contributed by atoms with Gasteiger partial charge in [-0.15, -0.1) is 0 Å². The molecule has 6 nitrogen and oxygen atoms in total. The fourth-order valence-electron chi connectivity index (χ4n) is 2.32. The number of aromatic nitrogens is 2. The summed E-state index contributed by atoms with van der Waals surface area (Å²) in [5, 5.41) is 7.27. The predicted octanol–water partition coefficient (Wildman–Crippen LogP) is 2.39. The first-order valence-electron chi connectivity index (χ1n) is 7.18. The fraction of sp³-hybridized carbons (Fsp3) is 0.467. The van der Waals surface area contributed by atoms with Crippen LogP contribution in [0.15, 0.2) is 22.7 Å². The summed E-state index contributed by atoms with van der Waals surface area (Å²) in [5.41, 5.74) is 1.19. The first-order chi connectivity index (χ1) is 10.3. The van der Waals surface area contributed by atoms with Gasteiger partial charge < -0.3 is 19.3 Å². The molecule has 1 aromatic carbocycles. The fourth-order valence-corrected chi connectivity index (χ4v) is 2.32. The zero-order valence-electron chi connectivity index (χ0n) is 12.3. The third-order valence-electron chi connectivity index (χ3n) is 3.34. The maximum atomic E-state index is 5.71. The third-order valence-corrected chi connectivity index (χ3v) is 3.34. The summed E-state index contributed by atoms with van der Waals surface area (Å²) < 4.78 is 16.3. The molecular weight excluding hydrogens is 270 g/mol. The highest BCUT2D eigenvalue weighted by atomic mass is 16.5. The van der Waals surface area contributed by atoms with Gasteiger partial charge in [0.05, 0.1) is 6.04 Å². The molecule has 0 amide bonds. The van der Waals surface area contributed by atoms with Crippen LogP contribution in [0.4, 0.5) is 0 Å². The number of hydrogen-bond acceptors (Lipinski definition) is 6. The van der Waals surface area contributed by atoms with Crippen LogP contribution in [0.3, 0.4) is 0 Å². The van der Waals surface area contributed by atoms with Crippen LogP contribution in [0.25, 0.3) is 0 Å². The Kier molecular flexibility index (Phi) is 4.06. The Bertz CT molecular complexity index is 612. The molecule has 1 aliphatic rings. The van der Waals surface area contributed by atoms with Crippen LogP contribution in [0.1, 0.15) is 36.7 Å². The Morgan fingerprint density at radius 1 is 1.43 bits per heavy atom. The van der Waals surface area contributed by atoms with E-state index in [-0.39, 0.29) is 12.6 Å². The Morgan fingerprint density at radius 3 is 3.10 bits per heavy atom. The van der Waals surface area contributed by atoms with Gasteiger partial charge in [-0.3, -0.25) is 0 Å². The Hall–Kier alpha value is -2.08. The topological polar surface area (TPSA) is 69.4 Å². The van der Waals surface area contributed by atoms with Crippen molar-refractivity contribution < 1.29 is 14.0 Å². The molecule has 1 atom stereocenters. The average molecular weight is 289 g/mol. The van der Waals surface area contributed by atoms with Gasteiger partial charge in [0.1, 0.15) is 18.1 Å². The third kappa shape index (κ3) is 3.16. The van der Waals surface area contributed by atoms with E-state index in [1.165, 1.54) is 5.56 Å². The van der Waals surface area contributed by atoms with Gasteiger partial charge in [0.15, 0.2) is 6.61 Å². The van der Waals surface area contributed by atoms with E-state index in [0.29, 0.717) is 18.3 Å². The molecule has 1 N–H and O–H groups in total. The van der Waals surface area contributed by atoms with Crippen molar-refractivity contribution in [3.8, 4) is 11.5 Å². The van der Waals surface area contributed by atoms with Crippen molar-refractivity contribution in [1.82, 2.24) is 15.5 Å². The highest BCUT2D eigenvalue weighted by Gasteiger charge is 2.23. The second-order valence-corrected chi connectivity index (χ2v) is 5.04. The minimum Gasteiger partial charge on any atom is -0.491 e. The Balaban J connectivity index is 1.64. The van der Waals surface area contributed by atoms with Crippen LogP contribution in [-0.4, -0.2) is 23.3 Å². The zero-order chi connectivity index (χ0) is 14.7. The molecule has 2 heterocycles. The van der Waals surface area contributed by atoms with E-state index in [2.05, 4.69) is 22.4 Å². The molecule has 6 heteroatoms. The Morgan fingerprint density at radius 2 is 2.33 bits per heavy atom. The maximum Gasteiger partial charge on any atom is 0.223 e. The summed E-state index contributed by atoms with van der Waals surface area (Å²) >= 11 is 0. The van der Waals surface area contributed by atoms with Gasteiger partial charge in [-0.05, 0) is 25.1 Å². The van der Waals surface area contributed by atoms with Crippen LogP contribution in [-0.2, 0) is 6.61 Å². The molecule has 0 bridgehead atoms. The van der Waals surface area contributed by atoms with Crippen molar-refractivity contribution in [3.05, 3.63) is 35.5 Å². The minimum absolute atomic E-state index is 0.272. The molecule has 1 unspecified atom stereocenters. The number of nitrogens with one attached hydrogen (secondary N) is 1. The lowest BCUT2D eigenvalue weighted by atomic mass is 10.1. The van der Waals surface area contributed by atoms with Crippen LogP contribution >= 0.6 is 0 Å². The van der Waals surface area contributed by atoms with E-state index in [9.17, 15) is 0 Å². The monoisotopic (exact) mass is 289 g/mol. The van der Waals surface area contributed by atoms with Crippen molar-refractivity contribution in [1.29, 1.82) is 0 Å². The van der Waals surface area contributed by atoms with Crippen molar-refractivity contribution in [2.24, 2.45) is 0 Å². The van der Waals surface area contributed by atoms with Gasteiger partial charge in [0.25, 0.3) is 0 Å². The summed E-state index contributed by atoms with van der Waals surface area (Å²) in [6.45, 7) is 5.85. The summed E-state index contributed by atoms with van der Waals surface area (Å²) in [4.78, 5) is 4.10. The van der Waals surface area contributed by atoms with E-state index < -0.39 is 0 Å². The van der Waals surface area contributed by atoms with Crippen molar-refractivity contribution in [2.75, 3.05) is 13.2 Å². The number of nitrogens with zero attached hydrogens (tertiary/aromatic N) is 2. The molecule has 21 heavy (non-hydrogen) atoms. The van der Waals surface area contributed by atoms with Gasteiger partial charge in [-0.1, -0.05) is 12.1 Å². The van der Waals surface area contributed by atoms with E-state index in [4.69, 9.17) is 14.0 Å². The highest BCUT2D eigenvalue weighted by molar-refractivity contribution is 5.45. The largest absolute Gasteiger partial charge is 0.491 e. The number of fused-ring (bicyclic) bond motifs is 1. The molecule has 112 valence electrons. The molecular formula is C15H19N3O3. The van der Waals surface area contributed by atoms with Crippen LogP contribution in [0.5, 0.6) is 11.5 Å². The normalized spacial score (nSPS) is 16.6. The lowest BCUT2D eigenvalue weighted by molar-refractivity contribution is 0.282. The summed E-state index contributed by atoms with van der Waals surface area (Å²) in [7, 11) is 0. The molecule has 0 radical (unpaired) electrons. The van der Waals surface area contributed by atoms with Gasteiger partial charge in [-0.25, -0.2) is 0 Å². The smallest absolute Gasteiger partial charge is 0.223 e. The maximum absolute atomic E-state index is 5.71. The molecule has 3 rings (SSSR count). The quantitative estimate of drug-likeness (QED) is 0.880. The molecule has 1 aromatic heterocycles. The minimum atomic E-state index is 0.272. The molecule has 0 aliphatic carbocycles. The average Bonchev–Trinajstić information content (AvgIpc) is 3.09. The van der Waals surface area contributed by atoms with E-state index in [1.54, 1.807) is 6.92 Å². The molecule has 0 spiro atoms. The second-order valence-electron chi connectivity index (χ2n) is 5.04. The predicted molar refractivity (Wildman–Crippen MR) is 76.3 cm³/mol. The van der Waals surface area contributed by atoms with Gasteiger partial charge in [0, 0.05) is 18.6 Å². The summed E-state index contributed by atoms with van der Waals surface area (Å²) in [6, 6.07) is 6.18. The van der Waals surface area contributed by atoms with Gasteiger partial charge in [-0.2, -0.15) is 4.98 Å². The van der Waals surface area contributed by atoms with Crippen molar-refractivity contribution in [2.45, 2.75) is 32.9 Å². The van der Waals surface area contributed by atoms with Gasteiger partial charge >= 0.3 is 0 Å². The second kappa shape index (κ2) is 6.13. The van der Waals surface area contributed by atoms with E-state index in [0.717, 1.165) is 24.5 Å². The first-order valence-corrected chi connectivity index (χ1v) is 7.18. The van der Waals surface area contributed by atoms with E-state index in [1.807, 2.05) is 18.2 Å². The van der Waals surface area contributed by atoms with Gasteiger partial charge in [0.2, 0.25) is 11.7 Å². The lowest BCUT2D eigenvalue weighted by Crippen LogP contribution is -2.22. The highest BCUT2D eigenvalue weighted by Crippen LogP contribution is 2.35. The number of aryl methyl sites for hydroxylation is 1. The van der Waals surface area contributed by atoms with Crippen LogP contribution < -0.4 is 14.8 Å². The first kappa shape index (κ1) is 13.9. The zero-order valence-corrected chi connectivity index (χ0v) is 12.3. The number of benzene rings is 1. The SMILES string of the molecule is CCCNC1COc2cc(OCc3noc(C)n3)ccc21. The summed E-state index contributed by atoms with van der Waals surface area (Å²) in [5.74, 6) is 2.70. The van der Waals surface area contributed by atoms with Crippen molar-refractivity contribution in [3.63, 3.8) is 0 Å².